The molecule has 0 aliphatic carbocycles. The first-order valence-corrected chi connectivity index (χ1v) is 12.5. The normalized spacial score (nSPS) is 27.6. The molecule has 2 aromatic rings. The van der Waals surface area contributed by atoms with Crippen molar-refractivity contribution < 1.29 is 19.2 Å². The monoisotopic (exact) mass is 513 g/mol. The summed E-state index contributed by atoms with van der Waals surface area (Å²) >= 11 is 12.2. The van der Waals surface area contributed by atoms with E-state index in [9.17, 15) is 19.2 Å². The van der Waals surface area contributed by atoms with Crippen LogP contribution in [0.15, 0.2) is 48.5 Å². The Morgan fingerprint density at radius 1 is 1.00 bits per heavy atom. The summed E-state index contributed by atoms with van der Waals surface area (Å²) in [4.78, 5) is 59.7. The molecule has 2 bridgehead atoms. The Morgan fingerprint density at radius 3 is 2.34 bits per heavy atom. The number of nitrogens with zero attached hydrogens (tertiary/aromatic N) is 3. The number of benzene rings is 2. The van der Waals surface area contributed by atoms with E-state index in [-0.39, 0.29) is 41.9 Å². The fourth-order valence-electron chi connectivity index (χ4n) is 6.10. The summed E-state index contributed by atoms with van der Waals surface area (Å²) in [6.45, 7) is 4.43. The molecule has 3 aliphatic heterocycles. The molecule has 7 nitrogen and oxygen atoms in total. The van der Waals surface area contributed by atoms with Crippen LogP contribution in [0.4, 0.5) is 0 Å². The third-order valence-corrected chi connectivity index (χ3v) is 8.43. The number of fused-ring (bicyclic) bond motifs is 5. The summed E-state index contributed by atoms with van der Waals surface area (Å²) in [5.41, 5.74) is -0.346. The zero-order chi connectivity index (χ0) is 25.1. The summed E-state index contributed by atoms with van der Waals surface area (Å²) in [6, 6.07) is 13.2. The van der Waals surface area contributed by atoms with Crippen molar-refractivity contribution in [3.63, 3.8) is 0 Å². The fraction of sp³-hybridized carbons (Fsp3) is 0.385. The van der Waals surface area contributed by atoms with Gasteiger partial charge in [-0.15, -0.1) is 0 Å². The Morgan fingerprint density at radius 2 is 1.71 bits per heavy atom. The maximum absolute atomic E-state index is 13.9. The Kier molecular flexibility index (Phi) is 5.88. The van der Waals surface area contributed by atoms with Crippen molar-refractivity contribution in [1.29, 1.82) is 0 Å². The van der Waals surface area contributed by atoms with Crippen LogP contribution in [0.1, 0.15) is 36.2 Å². The number of imide groups is 1. The number of likely N-dealkylation sites (N-methyl/N-ethyl adjacent to an activating group) is 1. The Labute approximate surface area is 213 Å². The third-order valence-electron chi connectivity index (χ3n) is 7.69. The highest BCUT2D eigenvalue weighted by molar-refractivity contribution is 6.42. The number of hydrogen-bond donors (Lipinski definition) is 0. The molecule has 9 heteroatoms. The predicted molar refractivity (Wildman–Crippen MR) is 131 cm³/mol. The van der Waals surface area contributed by atoms with E-state index in [0.29, 0.717) is 11.6 Å². The molecule has 0 unspecified atom stereocenters. The van der Waals surface area contributed by atoms with Gasteiger partial charge in [-0.05, 0) is 37.1 Å². The number of likely N-dealkylation sites (tertiary alicyclic amines) is 2. The average molecular weight is 514 g/mol. The van der Waals surface area contributed by atoms with E-state index < -0.39 is 35.2 Å². The van der Waals surface area contributed by atoms with Gasteiger partial charge < -0.3 is 9.80 Å². The van der Waals surface area contributed by atoms with Crippen LogP contribution in [0.2, 0.25) is 10.0 Å². The van der Waals surface area contributed by atoms with E-state index >= 15 is 0 Å². The number of hydrogen-bond acceptors (Lipinski definition) is 4. The van der Waals surface area contributed by atoms with Crippen molar-refractivity contribution in [3.05, 3.63) is 69.7 Å². The van der Waals surface area contributed by atoms with Gasteiger partial charge >= 0.3 is 0 Å². The molecule has 35 heavy (non-hydrogen) atoms. The minimum absolute atomic E-state index is 0.143. The predicted octanol–water partition coefficient (Wildman–Crippen LogP) is 3.63. The van der Waals surface area contributed by atoms with Crippen LogP contribution in [-0.4, -0.2) is 63.0 Å². The number of amides is 4. The van der Waals surface area contributed by atoms with Gasteiger partial charge in [0.05, 0.1) is 34.5 Å². The number of carbonyl (C=O) groups excluding carboxylic acids is 4. The molecule has 3 fully saturated rings. The molecule has 3 saturated heterocycles. The van der Waals surface area contributed by atoms with E-state index in [1.807, 2.05) is 37.3 Å². The Bertz CT molecular complexity index is 1240. The first kappa shape index (κ1) is 23.8. The minimum atomic E-state index is -1.44. The molecule has 0 radical (unpaired) electrons. The maximum atomic E-state index is 13.9. The van der Waals surface area contributed by atoms with Crippen LogP contribution in [-0.2, 0) is 20.9 Å². The van der Waals surface area contributed by atoms with Crippen LogP contribution < -0.4 is 0 Å². The van der Waals surface area contributed by atoms with Crippen LogP contribution >= 0.6 is 23.2 Å². The third kappa shape index (κ3) is 3.32. The van der Waals surface area contributed by atoms with Crippen molar-refractivity contribution in [2.45, 2.75) is 38.4 Å². The smallest absolute Gasteiger partial charge is 0.255 e. The van der Waals surface area contributed by atoms with Gasteiger partial charge in [0, 0.05) is 18.7 Å². The van der Waals surface area contributed by atoms with E-state index in [1.54, 1.807) is 17.9 Å². The van der Waals surface area contributed by atoms with Gasteiger partial charge in [0.25, 0.3) is 5.91 Å². The molecule has 5 rings (SSSR count). The second kappa shape index (κ2) is 8.64. The first-order valence-electron chi connectivity index (χ1n) is 11.7. The van der Waals surface area contributed by atoms with Crippen LogP contribution in [0.5, 0.6) is 0 Å². The van der Waals surface area contributed by atoms with Crippen LogP contribution in [0.25, 0.3) is 0 Å². The van der Waals surface area contributed by atoms with Gasteiger partial charge in [-0.25, -0.2) is 0 Å². The zero-order valence-corrected chi connectivity index (χ0v) is 20.9. The number of piperazine rings is 1. The largest absolute Gasteiger partial charge is 0.339 e. The summed E-state index contributed by atoms with van der Waals surface area (Å²) in [5, 5.41) is 0.525. The van der Waals surface area contributed by atoms with Crippen molar-refractivity contribution in [2.24, 2.45) is 11.8 Å². The Balaban J connectivity index is 1.60. The molecule has 0 saturated carbocycles. The topological polar surface area (TPSA) is 78.0 Å². The lowest BCUT2D eigenvalue weighted by molar-refractivity contribution is -0.157. The molecular weight excluding hydrogens is 489 g/mol. The first-order chi connectivity index (χ1) is 16.8. The highest BCUT2D eigenvalue weighted by Crippen LogP contribution is 2.54. The second-order valence-corrected chi connectivity index (χ2v) is 10.1. The van der Waals surface area contributed by atoms with Gasteiger partial charge in [-0.3, -0.25) is 24.1 Å². The van der Waals surface area contributed by atoms with Gasteiger partial charge in [-0.1, -0.05) is 60.5 Å². The molecule has 0 spiro atoms. The van der Waals surface area contributed by atoms with Crippen LogP contribution in [0.3, 0.4) is 0 Å². The molecule has 0 N–H and O–H groups in total. The lowest BCUT2D eigenvalue weighted by Crippen LogP contribution is -2.69. The van der Waals surface area contributed by atoms with E-state index in [1.165, 1.54) is 21.9 Å². The van der Waals surface area contributed by atoms with Crippen molar-refractivity contribution >= 4 is 46.8 Å². The number of rotatable bonds is 5. The molecule has 3 heterocycles. The summed E-state index contributed by atoms with van der Waals surface area (Å²) in [5.74, 6) is -3.15. The highest BCUT2D eigenvalue weighted by Gasteiger charge is 2.74. The second-order valence-electron chi connectivity index (χ2n) is 9.24. The summed E-state index contributed by atoms with van der Waals surface area (Å²) in [7, 11) is 0. The van der Waals surface area contributed by atoms with Crippen molar-refractivity contribution in [1.82, 2.24) is 14.7 Å². The molecular formula is C26H25Cl2N3O4. The van der Waals surface area contributed by atoms with Crippen molar-refractivity contribution in [3.8, 4) is 0 Å². The van der Waals surface area contributed by atoms with E-state index in [0.717, 1.165) is 5.56 Å². The standard InChI is InChI=1S/C26H25Cl2N3O4/c1-3-26-21-20(23(33)30(24(21)34)13-15-8-6-5-7-9-15)19(14-29(4-2)25(26)35)31(26)22(32)16-10-11-17(27)18(28)12-16/h5-12,19-21H,3-4,13-14H2,1-2H3/t19-,20+,21-,26-/m1/s1. The SMILES string of the molecule is CCN1C[C@@H]2[C@@H]3C(=O)N(Cc4ccccc4)C(=O)[C@@H]3[C@](CC)(C1=O)N2C(=O)c1ccc(Cl)c(Cl)c1. The number of carbonyl (C=O) groups is 4. The van der Waals surface area contributed by atoms with Gasteiger partial charge in [-0.2, -0.15) is 0 Å². The molecule has 3 aliphatic rings. The fourth-order valence-corrected chi connectivity index (χ4v) is 6.39. The van der Waals surface area contributed by atoms with Crippen molar-refractivity contribution in [2.75, 3.05) is 13.1 Å². The highest BCUT2D eigenvalue weighted by atomic mass is 35.5. The van der Waals surface area contributed by atoms with E-state index in [4.69, 9.17) is 23.2 Å². The molecule has 2 aromatic carbocycles. The van der Waals surface area contributed by atoms with E-state index in [2.05, 4.69) is 0 Å². The number of halogens is 2. The lowest BCUT2D eigenvalue weighted by atomic mass is 9.78. The molecule has 4 atom stereocenters. The summed E-state index contributed by atoms with van der Waals surface area (Å²) in [6.07, 6.45) is 0.214. The van der Waals surface area contributed by atoms with Crippen LogP contribution in [0, 0.1) is 11.8 Å². The minimum Gasteiger partial charge on any atom is -0.339 e. The average Bonchev–Trinajstić information content (AvgIpc) is 3.25. The van der Waals surface area contributed by atoms with Gasteiger partial charge in [0.1, 0.15) is 5.54 Å². The lowest BCUT2D eigenvalue weighted by Gasteiger charge is -2.49. The Hall–Kier alpha value is -2.90. The van der Waals surface area contributed by atoms with Gasteiger partial charge in [0.2, 0.25) is 17.7 Å². The maximum Gasteiger partial charge on any atom is 0.255 e. The molecule has 182 valence electrons. The quantitative estimate of drug-likeness (QED) is 0.572. The molecule has 0 aromatic heterocycles. The molecule has 4 amide bonds. The zero-order valence-electron chi connectivity index (χ0n) is 19.4. The van der Waals surface area contributed by atoms with Gasteiger partial charge in [0.15, 0.2) is 0 Å². The summed E-state index contributed by atoms with van der Waals surface area (Å²) < 4.78 is 0.